The fraction of sp³-hybridized carbons (Fsp3) is 0.600. The molecule has 0 aromatic rings. The minimum Gasteiger partial charge on any atom is -0.366 e. The number of rotatable bonds is 7. The van der Waals surface area contributed by atoms with Gasteiger partial charge in [-0.05, 0) is 13.3 Å². The van der Waals surface area contributed by atoms with Crippen LogP contribution >= 0.6 is 0 Å². The molecule has 0 saturated carbocycles. The lowest BCUT2D eigenvalue weighted by molar-refractivity contribution is -0.130. The lowest BCUT2D eigenvalue weighted by Crippen LogP contribution is -2.22. The molecular formula is C10H16O3. The summed E-state index contributed by atoms with van der Waals surface area (Å²) in [6, 6.07) is 0. The van der Waals surface area contributed by atoms with Crippen LogP contribution in [0.15, 0.2) is 12.2 Å². The van der Waals surface area contributed by atoms with E-state index in [2.05, 4.69) is 0 Å². The fourth-order valence-corrected chi connectivity index (χ4v) is 0.845. The molecule has 0 aliphatic carbocycles. The Morgan fingerprint density at radius 1 is 1.46 bits per heavy atom. The van der Waals surface area contributed by atoms with Gasteiger partial charge in [0.2, 0.25) is 0 Å². The molecule has 0 aliphatic heterocycles. The van der Waals surface area contributed by atoms with Gasteiger partial charge >= 0.3 is 0 Å². The summed E-state index contributed by atoms with van der Waals surface area (Å²) in [6.07, 6.45) is 5.03. The van der Waals surface area contributed by atoms with Crippen molar-refractivity contribution < 1.29 is 14.3 Å². The first-order chi connectivity index (χ1) is 6.22. The zero-order valence-electron chi connectivity index (χ0n) is 8.16. The lowest BCUT2D eigenvalue weighted by Gasteiger charge is -2.09. The number of carbonyl (C=O) groups excluding carboxylic acids is 2. The molecule has 0 spiro atoms. The largest absolute Gasteiger partial charge is 0.366 e. The summed E-state index contributed by atoms with van der Waals surface area (Å²) in [6.45, 7) is 3.84. The van der Waals surface area contributed by atoms with Gasteiger partial charge in [0.25, 0.3) is 0 Å². The first kappa shape index (κ1) is 12.0. The summed E-state index contributed by atoms with van der Waals surface area (Å²) in [5.74, 6) is -0.100. The maximum Gasteiger partial charge on any atom is 0.158 e. The standard InChI is InChI=1S/C10H16O3/c1-3-4-5-8-13-10(6-7-11)9(2)12/h4-5,7,10H,3,6,8H2,1-2H3. The van der Waals surface area contributed by atoms with Crippen LogP contribution in [-0.2, 0) is 14.3 Å². The number of hydrogen-bond donors (Lipinski definition) is 0. The van der Waals surface area contributed by atoms with Gasteiger partial charge in [-0.2, -0.15) is 0 Å². The van der Waals surface area contributed by atoms with E-state index in [0.29, 0.717) is 12.9 Å². The van der Waals surface area contributed by atoms with Crippen LogP contribution in [0.5, 0.6) is 0 Å². The predicted molar refractivity (Wildman–Crippen MR) is 50.5 cm³/mol. The molecule has 74 valence electrons. The number of ether oxygens (including phenoxy) is 1. The zero-order valence-corrected chi connectivity index (χ0v) is 8.16. The van der Waals surface area contributed by atoms with E-state index in [0.717, 1.165) is 6.42 Å². The molecule has 0 aliphatic rings. The Kier molecular flexibility index (Phi) is 7.11. The third-order valence-electron chi connectivity index (χ3n) is 1.56. The number of allylic oxidation sites excluding steroid dienone is 1. The van der Waals surface area contributed by atoms with Crippen LogP contribution in [0.1, 0.15) is 26.7 Å². The SMILES string of the molecule is CCC=CCOC(CC=O)C(C)=O. The van der Waals surface area contributed by atoms with E-state index in [1.165, 1.54) is 6.92 Å². The Morgan fingerprint density at radius 3 is 2.62 bits per heavy atom. The highest BCUT2D eigenvalue weighted by atomic mass is 16.5. The van der Waals surface area contributed by atoms with Gasteiger partial charge in [-0.1, -0.05) is 19.1 Å². The van der Waals surface area contributed by atoms with Crippen LogP contribution in [0.25, 0.3) is 0 Å². The highest BCUT2D eigenvalue weighted by Crippen LogP contribution is 1.98. The van der Waals surface area contributed by atoms with Gasteiger partial charge < -0.3 is 9.53 Å². The number of ketones is 1. The third-order valence-corrected chi connectivity index (χ3v) is 1.56. The van der Waals surface area contributed by atoms with Gasteiger partial charge in [-0.25, -0.2) is 0 Å². The molecule has 0 N–H and O–H groups in total. The molecular weight excluding hydrogens is 168 g/mol. The van der Waals surface area contributed by atoms with Crippen molar-refractivity contribution in [1.82, 2.24) is 0 Å². The summed E-state index contributed by atoms with van der Waals surface area (Å²) >= 11 is 0. The Balaban J connectivity index is 3.75. The average Bonchev–Trinajstić information content (AvgIpc) is 2.10. The van der Waals surface area contributed by atoms with Gasteiger partial charge in [0, 0.05) is 6.42 Å². The molecule has 1 unspecified atom stereocenters. The molecule has 0 aromatic heterocycles. The van der Waals surface area contributed by atoms with Gasteiger partial charge in [0.05, 0.1) is 6.61 Å². The van der Waals surface area contributed by atoms with Crippen LogP contribution in [0.3, 0.4) is 0 Å². The van der Waals surface area contributed by atoms with Crippen LogP contribution in [0.4, 0.5) is 0 Å². The Morgan fingerprint density at radius 2 is 2.15 bits per heavy atom. The monoisotopic (exact) mass is 184 g/mol. The summed E-state index contributed by atoms with van der Waals surface area (Å²) in [5.41, 5.74) is 0. The third kappa shape index (κ3) is 6.22. The molecule has 0 saturated heterocycles. The fourth-order valence-electron chi connectivity index (χ4n) is 0.845. The number of carbonyl (C=O) groups is 2. The number of Topliss-reactive ketones (excluding diaryl/α,β-unsaturated/α-hetero) is 1. The number of aldehydes is 1. The average molecular weight is 184 g/mol. The van der Waals surface area contributed by atoms with Crippen LogP contribution in [0.2, 0.25) is 0 Å². The van der Waals surface area contributed by atoms with Gasteiger partial charge in [0.15, 0.2) is 5.78 Å². The van der Waals surface area contributed by atoms with Gasteiger partial charge in [-0.15, -0.1) is 0 Å². The second-order valence-electron chi connectivity index (χ2n) is 2.71. The molecule has 0 aromatic carbocycles. The van der Waals surface area contributed by atoms with Crippen molar-refractivity contribution >= 4 is 12.1 Å². The van der Waals surface area contributed by atoms with E-state index in [1.807, 2.05) is 19.1 Å². The van der Waals surface area contributed by atoms with E-state index >= 15 is 0 Å². The quantitative estimate of drug-likeness (QED) is 0.445. The number of hydrogen-bond acceptors (Lipinski definition) is 3. The molecule has 0 bridgehead atoms. The molecule has 1 atom stereocenters. The van der Waals surface area contributed by atoms with Crippen molar-refractivity contribution in [2.75, 3.05) is 6.61 Å². The van der Waals surface area contributed by atoms with Gasteiger partial charge in [0.1, 0.15) is 12.4 Å². The van der Waals surface area contributed by atoms with Gasteiger partial charge in [-0.3, -0.25) is 4.79 Å². The second kappa shape index (κ2) is 7.68. The summed E-state index contributed by atoms with van der Waals surface area (Å²) < 4.78 is 5.18. The van der Waals surface area contributed by atoms with Crippen molar-refractivity contribution in [2.24, 2.45) is 0 Å². The molecule has 3 heteroatoms. The predicted octanol–water partition coefficient (Wildman–Crippen LogP) is 1.52. The van der Waals surface area contributed by atoms with E-state index in [1.54, 1.807) is 0 Å². The molecule has 0 radical (unpaired) electrons. The Hall–Kier alpha value is -0.960. The molecule has 0 heterocycles. The Labute approximate surface area is 78.8 Å². The Bertz CT molecular complexity index is 185. The maximum atomic E-state index is 10.9. The molecule has 0 amide bonds. The highest BCUT2D eigenvalue weighted by Gasteiger charge is 2.12. The van der Waals surface area contributed by atoms with Crippen molar-refractivity contribution in [3.05, 3.63) is 12.2 Å². The maximum absolute atomic E-state index is 10.9. The van der Waals surface area contributed by atoms with Crippen LogP contribution < -0.4 is 0 Å². The van der Waals surface area contributed by atoms with Crippen molar-refractivity contribution in [2.45, 2.75) is 32.8 Å². The molecule has 3 nitrogen and oxygen atoms in total. The van der Waals surface area contributed by atoms with E-state index in [-0.39, 0.29) is 12.2 Å². The molecule has 13 heavy (non-hydrogen) atoms. The summed E-state index contributed by atoms with van der Waals surface area (Å²) in [4.78, 5) is 21.0. The van der Waals surface area contributed by atoms with Crippen molar-refractivity contribution in [1.29, 1.82) is 0 Å². The first-order valence-corrected chi connectivity index (χ1v) is 4.43. The van der Waals surface area contributed by atoms with E-state index in [4.69, 9.17) is 4.74 Å². The molecule has 0 rings (SSSR count). The zero-order chi connectivity index (χ0) is 10.1. The lowest BCUT2D eigenvalue weighted by atomic mass is 10.2. The van der Waals surface area contributed by atoms with Crippen molar-refractivity contribution in [3.8, 4) is 0 Å². The van der Waals surface area contributed by atoms with E-state index in [9.17, 15) is 9.59 Å². The minimum atomic E-state index is -0.570. The highest BCUT2D eigenvalue weighted by molar-refractivity contribution is 5.82. The first-order valence-electron chi connectivity index (χ1n) is 4.43. The topological polar surface area (TPSA) is 43.4 Å². The van der Waals surface area contributed by atoms with E-state index < -0.39 is 6.10 Å². The second-order valence-corrected chi connectivity index (χ2v) is 2.71. The minimum absolute atomic E-state index is 0.100. The van der Waals surface area contributed by atoms with Crippen LogP contribution in [-0.4, -0.2) is 24.8 Å². The van der Waals surface area contributed by atoms with Crippen LogP contribution in [0, 0.1) is 0 Å². The summed E-state index contributed by atoms with van der Waals surface area (Å²) in [5, 5.41) is 0. The molecule has 0 fully saturated rings. The summed E-state index contributed by atoms with van der Waals surface area (Å²) in [7, 11) is 0. The normalized spacial score (nSPS) is 13.1. The van der Waals surface area contributed by atoms with Crippen molar-refractivity contribution in [3.63, 3.8) is 0 Å². The smallest absolute Gasteiger partial charge is 0.158 e.